The summed E-state index contributed by atoms with van der Waals surface area (Å²) >= 11 is 0. The molecule has 1 unspecified atom stereocenters. The van der Waals surface area contributed by atoms with Crippen molar-refractivity contribution < 1.29 is 0 Å². The smallest absolute Gasteiger partial charge is 0.177 e. The standard InChI is InChI=1S/C15H23N3/c1-5-7-8-12(6-2)14-17-13-9-10(3)11(4)16-15(13)18-14/h9,12H,5-8H2,1-4H3,(H,16,17,18). The largest absolute Gasteiger partial charge is 0.340 e. The fourth-order valence-corrected chi connectivity index (χ4v) is 2.33. The van der Waals surface area contributed by atoms with Crippen LogP contribution in [0.15, 0.2) is 6.07 Å². The van der Waals surface area contributed by atoms with Gasteiger partial charge in [-0.15, -0.1) is 0 Å². The number of pyridine rings is 1. The van der Waals surface area contributed by atoms with E-state index < -0.39 is 0 Å². The summed E-state index contributed by atoms with van der Waals surface area (Å²) in [4.78, 5) is 12.7. The third-order valence-corrected chi connectivity index (χ3v) is 3.72. The lowest BCUT2D eigenvalue weighted by Gasteiger charge is -2.10. The minimum absolute atomic E-state index is 0.541. The average molecular weight is 245 g/mol. The zero-order valence-corrected chi connectivity index (χ0v) is 11.9. The first-order valence-electron chi connectivity index (χ1n) is 6.99. The van der Waals surface area contributed by atoms with Gasteiger partial charge in [0.25, 0.3) is 0 Å². The Kier molecular flexibility index (Phi) is 4.00. The van der Waals surface area contributed by atoms with Gasteiger partial charge in [0.15, 0.2) is 5.65 Å². The van der Waals surface area contributed by atoms with E-state index in [2.05, 4.69) is 41.8 Å². The van der Waals surface area contributed by atoms with Crippen LogP contribution in [0.2, 0.25) is 0 Å². The summed E-state index contributed by atoms with van der Waals surface area (Å²) in [6.45, 7) is 8.60. The molecule has 0 radical (unpaired) electrons. The molecule has 0 aliphatic carbocycles. The summed E-state index contributed by atoms with van der Waals surface area (Å²) in [7, 11) is 0. The van der Waals surface area contributed by atoms with E-state index in [1.54, 1.807) is 0 Å². The van der Waals surface area contributed by atoms with Crippen molar-refractivity contribution in [3.63, 3.8) is 0 Å². The molecule has 2 aromatic heterocycles. The number of H-pyrrole nitrogens is 1. The molecule has 0 bridgehead atoms. The highest BCUT2D eigenvalue weighted by molar-refractivity contribution is 5.71. The molecule has 0 aliphatic heterocycles. The maximum Gasteiger partial charge on any atom is 0.177 e. The third-order valence-electron chi connectivity index (χ3n) is 3.72. The van der Waals surface area contributed by atoms with Crippen molar-refractivity contribution in [2.45, 2.75) is 59.3 Å². The van der Waals surface area contributed by atoms with Crippen LogP contribution >= 0.6 is 0 Å². The van der Waals surface area contributed by atoms with Crippen molar-refractivity contribution in [1.82, 2.24) is 15.0 Å². The molecule has 0 saturated carbocycles. The van der Waals surface area contributed by atoms with Crippen LogP contribution in [-0.2, 0) is 0 Å². The Labute approximate surface area is 109 Å². The van der Waals surface area contributed by atoms with Crippen LogP contribution < -0.4 is 0 Å². The van der Waals surface area contributed by atoms with Gasteiger partial charge in [-0.1, -0.05) is 26.7 Å². The zero-order valence-electron chi connectivity index (χ0n) is 11.9. The lowest BCUT2D eigenvalue weighted by Crippen LogP contribution is -1.99. The van der Waals surface area contributed by atoms with Crippen LogP contribution in [0.1, 0.15) is 62.5 Å². The fraction of sp³-hybridized carbons (Fsp3) is 0.600. The normalized spacial score (nSPS) is 13.1. The first-order valence-corrected chi connectivity index (χ1v) is 6.99. The van der Waals surface area contributed by atoms with Crippen LogP contribution in [0.25, 0.3) is 11.2 Å². The second-order valence-electron chi connectivity index (χ2n) is 5.13. The number of aromatic amines is 1. The second kappa shape index (κ2) is 5.51. The summed E-state index contributed by atoms with van der Waals surface area (Å²) < 4.78 is 0. The number of hydrogen-bond donors (Lipinski definition) is 1. The van der Waals surface area contributed by atoms with E-state index in [0.717, 1.165) is 29.1 Å². The van der Waals surface area contributed by atoms with Crippen molar-refractivity contribution in [3.05, 3.63) is 23.1 Å². The molecule has 0 aliphatic rings. The van der Waals surface area contributed by atoms with E-state index in [-0.39, 0.29) is 0 Å². The molecule has 98 valence electrons. The van der Waals surface area contributed by atoms with Crippen LogP contribution in [0.3, 0.4) is 0 Å². The van der Waals surface area contributed by atoms with E-state index >= 15 is 0 Å². The number of aromatic nitrogens is 3. The zero-order chi connectivity index (χ0) is 13.1. The number of fused-ring (bicyclic) bond motifs is 1. The number of nitrogens with zero attached hydrogens (tertiary/aromatic N) is 2. The average Bonchev–Trinajstić information content (AvgIpc) is 2.73. The van der Waals surface area contributed by atoms with Gasteiger partial charge in [-0.25, -0.2) is 9.97 Å². The van der Waals surface area contributed by atoms with Crippen molar-refractivity contribution >= 4 is 11.2 Å². The molecule has 0 saturated heterocycles. The first kappa shape index (κ1) is 13.1. The van der Waals surface area contributed by atoms with Gasteiger partial charge in [0.05, 0.1) is 5.52 Å². The molecule has 2 aromatic rings. The van der Waals surface area contributed by atoms with E-state index in [1.807, 2.05) is 6.92 Å². The summed E-state index contributed by atoms with van der Waals surface area (Å²) in [5, 5.41) is 0. The molecule has 18 heavy (non-hydrogen) atoms. The van der Waals surface area contributed by atoms with Gasteiger partial charge in [-0.3, -0.25) is 0 Å². The summed E-state index contributed by atoms with van der Waals surface area (Å²) in [5.74, 6) is 1.65. The molecule has 3 heteroatoms. The predicted octanol–water partition coefficient (Wildman–Crippen LogP) is 4.26. The summed E-state index contributed by atoms with van der Waals surface area (Å²) in [6.07, 6.45) is 4.86. The molecule has 0 amide bonds. The van der Waals surface area contributed by atoms with Gasteiger partial charge >= 0.3 is 0 Å². The SMILES string of the molecule is CCCCC(CC)c1nc2nc(C)c(C)cc2[nH]1. The number of nitrogens with one attached hydrogen (secondary N) is 1. The minimum Gasteiger partial charge on any atom is -0.340 e. The van der Waals surface area contributed by atoms with Gasteiger partial charge in [-0.2, -0.15) is 0 Å². The molecule has 0 fully saturated rings. The number of aryl methyl sites for hydroxylation is 2. The van der Waals surface area contributed by atoms with E-state index in [1.165, 1.54) is 24.8 Å². The maximum atomic E-state index is 4.67. The molecule has 3 nitrogen and oxygen atoms in total. The molecule has 2 rings (SSSR count). The number of imidazole rings is 1. The van der Waals surface area contributed by atoms with Crippen molar-refractivity contribution in [1.29, 1.82) is 0 Å². The number of rotatable bonds is 5. The lowest BCUT2D eigenvalue weighted by atomic mass is 9.99. The van der Waals surface area contributed by atoms with Gasteiger partial charge < -0.3 is 4.98 Å². The Hall–Kier alpha value is -1.38. The molecular formula is C15H23N3. The lowest BCUT2D eigenvalue weighted by molar-refractivity contribution is 0.549. The molecular weight excluding hydrogens is 222 g/mol. The van der Waals surface area contributed by atoms with Gasteiger partial charge in [0, 0.05) is 11.6 Å². The third kappa shape index (κ3) is 2.55. The van der Waals surface area contributed by atoms with Crippen LogP contribution in [-0.4, -0.2) is 15.0 Å². The Morgan fingerprint density at radius 1 is 1.22 bits per heavy atom. The Bertz CT molecular complexity index is 489. The molecule has 1 N–H and O–H groups in total. The van der Waals surface area contributed by atoms with E-state index in [9.17, 15) is 0 Å². The highest BCUT2D eigenvalue weighted by atomic mass is 15.0. The maximum absolute atomic E-state index is 4.67. The molecule has 1 atom stereocenters. The van der Waals surface area contributed by atoms with Crippen molar-refractivity contribution in [2.24, 2.45) is 0 Å². The first-order chi connectivity index (χ1) is 8.65. The molecule has 0 aromatic carbocycles. The van der Waals surface area contributed by atoms with Gasteiger partial charge in [0.1, 0.15) is 5.82 Å². The summed E-state index contributed by atoms with van der Waals surface area (Å²) in [5.41, 5.74) is 4.23. The van der Waals surface area contributed by atoms with Crippen LogP contribution in [0, 0.1) is 13.8 Å². The Morgan fingerprint density at radius 2 is 2.00 bits per heavy atom. The quantitative estimate of drug-likeness (QED) is 0.855. The number of unbranched alkanes of at least 4 members (excludes halogenated alkanes) is 1. The Balaban J connectivity index is 2.33. The molecule has 2 heterocycles. The number of hydrogen-bond acceptors (Lipinski definition) is 2. The predicted molar refractivity (Wildman–Crippen MR) is 75.9 cm³/mol. The Morgan fingerprint density at radius 3 is 2.67 bits per heavy atom. The fourth-order valence-electron chi connectivity index (χ4n) is 2.33. The second-order valence-corrected chi connectivity index (χ2v) is 5.13. The van der Waals surface area contributed by atoms with E-state index in [0.29, 0.717) is 5.92 Å². The summed E-state index contributed by atoms with van der Waals surface area (Å²) in [6, 6.07) is 2.15. The highest BCUT2D eigenvalue weighted by Gasteiger charge is 2.14. The van der Waals surface area contributed by atoms with Gasteiger partial charge in [0.2, 0.25) is 0 Å². The minimum atomic E-state index is 0.541. The van der Waals surface area contributed by atoms with Crippen LogP contribution in [0.5, 0.6) is 0 Å². The molecule has 0 spiro atoms. The van der Waals surface area contributed by atoms with Gasteiger partial charge in [-0.05, 0) is 38.3 Å². The van der Waals surface area contributed by atoms with E-state index in [4.69, 9.17) is 0 Å². The monoisotopic (exact) mass is 245 g/mol. The van der Waals surface area contributed by atoms with Crippen molar-refractivity contribution in [2.75, 3.05) is 0 Å². The van der Waals surface area contributed by atoms with Crippen LogP contribution in [0.4, 0.5) is 0 Å². The highest BCUT2D eigenvalue weighted by Crippen LogP contribution is 2.25. The van der Waals surface area contributed by atoms with Crippen molar-refractivity contribution in [3.8, 4) is 0 Å². The topological polar surface area (TPSA) is 41.6 Å².